The van der Waals surface area contributed by atoms with Crippen LogP contribution in [0.5, 0.6) is 0 Å². The second-order valence-corrected chi connectivity index (χ2v) is 2.10. The average molecular weight is 160 g/mol. The molecule has 0 aliphatic carbocycles. The molecular weight excluding hydrogens is 144 g/mol. The summed E-state index contributed by atoms with van der Waals surface area (Å²) in [6.07, 6.45) is 3.57. The molecule has 0 aliphatic rings. The van der Waals surface area contributed by atoms with E-state index < -0.39 is 0 Å². The van der Waals surface area contributed by atoms with E-state index in [0.717, 1.165) is 0 Å². The molecule has 66 valence electrons. The van der Waals surface area contributed by atoms with Crippen molar-refractivity contribution in [2.24, 2.45) is 5.73 Å². The number of hydrogen-bond acceptors (Lipinski definition) is 4. The molecule has 0 aromatic carbocycles. The van der Waals surface area contributed by atoms with Gasteiger partial charge in [-0.3, -0.25) is 0 Å². The Kier molecular flexibility index (Phi) is 7.13. The standard InChI is InChI=1S/C7H16N2O2/c8-2-1-3-9(4-6-10)5-7-11/h1,3,10-11H,2,4-8H2/b3-1-. The minimum absolute atomic E-state index is 0.0922. The van der Waals surface area contributed by atoms with Crippen LogP contribution < -0.4 is 5.73 Å². The number of nitrogens with zero attached hydrogens (tertiary/aromatic N) is 1. The molecule has 0 heterocycles. The van der Waals surface area contributed by atoms with Crippen LogP contribution in [0.2, 0.25) is 0 Å². The maximum atomic E-state index is 8.57. The molecule has 0 rings (SSSR count). The largest absolute Gasteiger partial charge is 0.395 e. The lowest BCUT2D eigenvalue weighted by atomic mass is 10.5. The first-order valence-corrected chi connectivity index (χ1v) is 3.67. The zero-order valence-corrected chi connectivity index (χ0v) is 6.61. The van der Waals surface area contributed by atoms with Gasteiger partial charge in [0.2, 0.25) is 0 Å². The molecule has 0 bridgehead atoms. The smallest absolute Gasteiger partial charge is 0.0606 e. The molecule has 4 heteroatoms. The summed E-state index contributed by atoms with van der Waals surface area (Å²) in [7, 11) is 0. The maximum absolute atomic E-state index is 8.57. The van der Waals surface area contributed by atoms with Crippen LogP contribution in [0.4, 0.5) is 0 Å². The molecule has 0 aromatic rings. The topological polar surface area (TPSA) is 69.7 Å². The van der Waals surface area contributed by atoms with Crippen molar-refractivity contribution in [3.05, 3.63) is 12.3 Å². The van der Waals surface area contributed by atoms with Crippen LogP contribution >= 0.6 is 0 Å². The summed E-state index contributed by atoms with van der Waals surface area (Å²) in [5.74, 6) is 0. The van der Waals surface area contributed by atoms with Gasteiger partial charge in [-0.05, 0) is 6.20 Å². The van der Waals surface area contributed by atoms with Gasteiger partial charge in [0.15, 0.2) is 0 Å². The fourth-order valence-electron chi connectivity index (χ4n) is 0.728. The molecule has 0 atom stereocenters. The Hall–Kier alpha value is -0.580. The minimum Gasteiger partial charge on any atom is -0.395 e. The quantitative estimate of drug-likeness (QED) is 0.454. The lowest BCUT2D eigenvalue weighted by molar-refractivity contribution is 0.199. The van der Waals surface area contributed by atoms with Crippen molar-refractivity contribution in [2.45, 2.75) is 0 Å². The lowest BCUT2D eigenvalue weighted by Gasteiger charge is -2.16. The number of rotatable bonds is 6. The van der Waals surface area contributed by atoms with Crippen molar-refractivity contribution >= 4 is 0 Å². The molecule has 4 nitrogen and oxygen atoms in total. The first kappa shape index (κ1) is 10.4. The summed E-state index contributed by atoms with van der Waals surface area (Å²) >= 11 is 0. The van der Waals surface area contributed by atoms with E-state index in [2.05, 4.69) is 0 Å². The van der Waals surface area contributed by atoms with E-state index >= 15 is 0 Å². The van der Waals surface area contributed by atoms with Gasteiger partial charge in [-0.25, -0.2) is 0 Å². The third kappa shape index (κ3) is 5.84. The van der Waals surface area contributed by atoms with Gasteiger partial charge in [-0.15, -0.1) is 0 Å². The van der Waals surface area contributed by atoms with Gasteiger partial charge in [0.25, 0.3) is 0 Å². The molecule has 11 heavy (non-hydrogen) atoms. The summed E-state index contributed by atoms with van der Waals surface area (Å²) in [5, 5.41) is 17.1. The van der Waals surface area contributed by atoms with Crippen LogP contribution in [0.3, 0.4) is 0 Å². The van der Waals surface area contributed by atoms with Crippen LogP contribution in [-0.2, 0) is 0 Å². The Morgan fingerprint density at radius 2 is 1.73 bits per heavy atom. The SMILES string of the molecule is NC/C=C\N(CCO)CCO. The fourth-order valence-corrected chi connectivity index (χ4v) is 0.728. The van der Waals surface area contributed by atoms with Crippen LogP contribution in [0.1, 0.15) is 0 Å². The highest BCUT2D eigenvalue weighted by molar-refractivity contribution is 4.82. The van der Waals surface area contributed by atoms with Gasteiger partial charge >= 0.3 is 0 Å². The van der Waals surface area contributed by atoms with Gasteiger partial charge in [0, 0.05) is 19.6 Å². The third-order valence-electron chi connectivity index (χ3n) is 1.23. The van der Waals surface area contributed by atoms with Crippen molar-refractivity contribution in [1.29, 1.82) is 0 Å². The second-order valence-electron chi connectivity index (χ2n) is 2.10. The first-order valence-electron chi connectivity index (χ1n) is 3.67. The molecule has 0 unspecified atom stereocenters. The van der Waals surface area contributed by atoms with Gasteiger partial charge in [-0.1, -0.05) is 6.08 Å². The van der Waals surface area contributed by atoms with Crippen molar-refractivity contribution in [3.63, 3.8) is 0 Å². The van der Waals surface area contributed by atoms with Crippen LogP contribution in [0.25, 0.3) is 0 Å². The Balaban J connectivity index is 3.58. The van der Waals surface area contributed by atoms with Crippen LogP contribution in [-0.4, -0.2) is 48.0 Å². The normalized spacial score (nSPS) is 10.8. The van der Waals surface area contributed by atoms with Crippen LogP contribution in [0.15, 0.2) is 12.3 Å². The highest BCUT2D eigenvalue weighted by Crippen LogP contribution is 1.87. The van der Waals surface area contributed by atoms with E-state index in [4.69, 9.17) is 15.9 Å². The molecule has 0 aliphatic heterocycles. The molecule has 0 saturated carbocycles. The zero-order valence-electron chi connectivity index (χ0n) is 6.61. The number of nitrogens with two attached hydrogens (primary N) is 1. The summed E-state index contributed by atoms with van der Waals surface area (Å²) in [6, 6.07) is 0. The molecular formula is C7H16N2O2. The van der Waals surface area contributed by atoms with Gasteiger partial charge in [0.1, 0.15) is 0 Å². The molecule has 0 saturated heterocycles. The molecule has 0 amide bonds. The minimum atomic E-state index is 0.0922. The molecule has 0 aromatic heterocycles. The number of aliphatic hydroxyl groups excluding tert-OH is 2. The third-order valence-corrected chi connectivity index (χ3v) is 1.23. The van der Waals surface area contributed by atoms with Gasteiger partial charge in [0.05, 0.1) is 13.2 Å². The molecule has 0 radical (unpaired) electrons. The first-order chi connectivity index (χ1) is 5.35. The van der Waals surface area contributed by atoms with Crippen molar-refractivity contribution in [1.82, 2.24) is 4.90 Å². The molecule has 0 fully saturated rings. The van der Waals surface area contributed by atoms with E-state index in [1.54, 1.807) is 12.3 Å². The monoisotopic (exact) mass is 160 g/mol. The summed E-state index contributed by atoms with van der Waals surface area (Å²) in [5.41, 5.74) is 5.23. The summed E-state index contributed by atoms with van der Waals surface area (Å²) < 4.78 is 0. The zero-order chi connectivity index (χ0) is 8.53. The van der Waals surface area contributed by atoms with E-state index in [1.165, 1.54) is 0 Å². The highest BCUT2D eigenvalue weighted by atomic mass is 16.3. The lowest BCUT2D eigenvalue weighted by Crippen LogP contribution is -2.24. The summed E-state index contributed by atoms with van der Waals surface area (Å²) in [4.78, 5) is 1.81. The summed E-state index contributed by atoms with van der Waals surface area (Å²) in [6.45, 7) is 1.74. The van der Waals surface area contributed by atoms with Crippen molar-refractivity contribution in [3.8, 4) is 0 Å². The molecule has 4 N–H and O–H groups in total. The van der Waals surface area contributed by atoms with E-state index in [1.807, 2.05) is 4.90 Å². The Bertz CT molecular complexity index is 101. The predicted octanol–water partition coefficient (Wildman–Crippen LogP) is -1.25. The molecule has 0 spiro atoms. The second kappa shape index (κ2) is 7.53. The predicted molar refractivity (Wildman–Crippen MR) is 43.9 cm³/mol. The highest BCUT2D eigenvalue weighted by Gasteiger charge is 1.94. The maximum Gasteiger partial charge on any atom is 0.0606 e. The van der Waals surface area contributed by atoms with Gasteiger partial charge < -0.3 is 20.8 Å². The van der Waals surface area contributed by atoms with Crippen molar-refractivity contribution < 1.29 is 10.2 Å². The number of hydrogen-bond donors (Lipinski definition) is 3. The van der Waals surface area contributed by atoms with E-state index in [9.17, 15) is 0 Å². The average Bonchev–Trinajstić information content (AvgIpc) is 2.01. The Labute approximate surface area is 66.9 Å². The Morgan fingerprint density at radius 3 is 2.09 bits per heavy atom. The van der Waals surface area contributed by atoms with E-state index in [-0.39, 0.29) is 13.2 Å². The Morgan fingerprint density at radius 1 is 1.18 bits per heavy atom. The fraction of sp³-hybridized carbons (Fsp3) is 0.714. The van der Waals surface area contributed by atoms with E-state index in [0.29, 0.717) is 19.6 Å². The van der Waals surface area contributed by atoms with Crippen molar-refractivity contribution in [2.75, 3.05) is 32.8 Å². The van der Waals surface area contributed by atoms with Gasteiger partial charge in [-0.2, -0.15) is 0 Å². The van der Waals surface area contributed by atoms with Crippen LogP contribution in [0, 0.1) is 0 Å². The number of aliphatic hydroxyl groups is 2.